The van der Waals surface area contributed by atoms with Crippen LogP contribution in [0.4, 0.5) is 0 Å². The third-order valence-corrected chi connectivity index (χ3v) is 3.85. The number of carbonyl (C=O) groups is 1. The molecule has 0 atom stereocenters. The molecule has 0 aliphatic heterocycles. The van der Waals surface area contributed by atoms with Crippen molar-refractivity contribution in [3.63, 3.8) is 0 Å². The molecule has 0 amide bonds. The van der Waals surface area contributed by atoms with Crippen molar-refractivity contribution in [3.8, 4) is 0 Å². The predicted octanol–water partition coefficient (Wildman–Crippen LogP) is 2.26. The molecule has 0 fully saturated rings. The molecular weight excluding hydrogens is 263 g/mol. The Balaban J connectivity index is 0.000000408. The molecule has 1 radical (unpaired) electrons. The van der Waals surface area contributed by atoms with Crippen LogP contribution in [0, 0.1) is 0 Å². The molecule has 1 aromatic heterocycles. The van der Waals surface area contributed by atoms with Gasteiger partial charge >= 0.3 is 13.7 Å². The first-order valence-electron chi connectivity index (χ1n) is 5.42. The number of benzene rings is 2. The minimum atomic E-state index is -0.864. The van der Waals surface area contributed by atoms with Crippen LogP contribution >= 0.6 is 11.3 Å². The zero-order chi connectivity index (χ0) is 13.8. The molecule has 0 aliphatic rings. The van der Waals surface area contributed by atoms with E-state index in [1.54, 1.807) is 12.1 Å². The molecule has 95 valence electrons. The first kappa shape index (κ1) is 13.5. The summed E-state index contributed by atoms with van der Waals surface area (Å²) in [5, 5.41) is 25.3. The van der Waals surface area contributed by atoms with Crippen molar-refractivity contribution in [2.45, 2.75) is 0 Å². The predicted molar refractivity (Wildman–Crippen MR) is 76.5 cm³/mol. The van der Waals surface area contributed by atoms with Crippen molar-refractivity contribution < 1.29 is 19.9 Å². The molecule has 3 N–H and O–H groups in total. The highest BCUT2D eigenvalue weighted by Gasteiger charge is 2.12. The van der Waals surface area contributed by atoms with Gasteiger partial charge in [-0.1, -0.05) is 30.3 Å². The molecule has 0 aliphatic carbocycles. The molecule has 3 aromatic rings. The van der Waals surface area contributed by atoms with Gasteiger partial charge in [0, 0.05) is 15.5 Å². The van der Waals surface area contributed by atoms with E-state index >= 15 is 0 Å². The first-order chi connectivity index (χ1) is 9.19. The van der Waals surface area contributed by atoms with Crippen molar-refractivity contribution in [2.24, 2.45) is 0 Å². The number of carboxylic acid groups (broad SMARTS) is 1. The molecule has 6 heteroatoms. The summed E-state index contributed by atoms with van der Waals surface area (Å²) in [6.45, 7) is 0. The Hall–Kier alpha value is -1.89. The molecule has 0 spiro atoms. The molecule has 0 saturated heterocycles. The van der Waals surface area contributed by atoms with Crippen molar-refractivity contribution in [1.29, 1.82) is 0 Å². The molecule has 19 heavy (non-hydrogen) atoms. The van der Waals surface area contributed by atoms with E-state index in [4.69, 9.17) is 15.2 Å². The number of hydrogen-bond donors (Lipinski definition) is 3. The number of fused-ring (bicyclic) bond motifs is 3. The molecule has 0 bridgehead atoms. The normalized spacial score (nSPS) is 10.0. The average Bonchev–Trinajstić information content (AvgIpc) is 2.77. The highest BCUT2D eigenvalue weighted by molar-refractivity contribution is 7.26. The summed E-state index contributed by atoms with van der Waals surface area (Å²) in [4.78, 5) is 11.1. The van der Waals surface area contributed by atoms with Crippen LogP contribution in [0.3, 0.4) is 0 Å². The van der Waals surface area contributed by atoms with Gasteiger partial charge in [0.1, 0.15) is 0 Å². The second-order valence-electron chi connectivity index (χ2n) is 3.70. The molecule has 1 heterocycles. The number of carboxylic acids is 1. The highest BCUT2D eigenvalue weighted by atomic mass is 32.1. The summed E-state index contributed by atoms with van der Waals surface area (Å²) in [7, 11) is 0. The standard InChI is InChI=1S/C13H8O2S.BH2O2/c14-13(15)10-6-3-5-9-8-4-1-2-7-11(8)16-12(9)10;2-1-3/h1-7H,(H,14,15);2-3H. The van der Waals surface area contributed by atoms with Gasteiger partial charge in [0.2, 0.25) is 0 Å². The third-order valence-electron chi connectivity index (χ3n) is 2.63. The Kier molecular flexibility index (Phi) is 4.16. The lowest BCUT2D eigenvalue weighted by molar-refractivity contribution is 0.0699. The fraction of sp³-hybridized carbons (Fsp3) is 0. The van der Waals surface area contributed by atoms with E-state index in [0.717, 1.165) is 20.2 Å². The van der Waals surface area contributed by atoms with E-state index in [1.807, 2.05) is 30.3 Å². The summed E-state index contributed by atoms with van der Waals surface area (Å²) in [6, 6.07) is 13.4. The smallest absolute Gasteiger partial charge is 0.478 e. The Morgan fingerprint density at radius 2 is 1.63 bits per heavy atom. The summed E-state index contributed by atoms with van der Waals surface area (Å²) in [5.74, 6) is -0.864. The Bertz CT molecular complexity index is 723. The number of rotatable bonds is 1. The van der Waals surface area contributed by atoms with Gasteiger partial charge in [0.15, 0.2) is 0 Å². The van der Waals surface area contributed by atoms with Crippen LogP contribution in [0.5, 0.6) is 0 Å². The SMILES string of the molecule is O=C(O)c1cccc2c1sc1ccccc12.O[B]O. The van der Waals surface area contributed by atoms with E-state index < -0.39 is 5.97 Å². The molecule has 3 rings (SSSR count). The highest BCUT2D eigenvalue weighted by Crippen LogP contribution is 2.35. The zero-order valence-corrected chi connectivity index (χ0v) is 10.6. The molecule has 0 unspecified atom stereocenters. The van der Waals surface area contributed by atoms with Crippen LogP contribution in [0.15, 0.2) is 42.5 Å². The van der Waals surface area contributed by atoms with Crippen LogP contribution in [-0.2, 0) is 0 Å². The van der Waals surface area contributed by atoms with Crippen molar-refractivity contribution in [1.82, 2.24) is 0 Å². The summed E-state index contributed by atoms with van der Waals surface area (Å²) in [5.41, 5.74) is 0.388. The minimum Gasteiger partial charge on any atom is -0.478 e. The van der Waals surface area contributed by atoms with Gasteiger partial charge < -0.3 is 15.2 Å². The maximum atomic E-state index is 11.1. The molecule has 2 aromatic carbocycles. The lowest BCUT2D eigenvalue weighted by atomic mass is 10.1. The zero-order valence-electron chi connectivity index (χ0n) is 9.78. The van der Waals surface area contributed by atoms with Gasteiger partial charge in [0.05, 0.1) is 10.3 Å². The maximum Gasteiger partial charge on any atom is 0.482 e. The van der Waals surface area contributed by atoms with E-state index in [9.17, 15) is 4.79 Å². The second-order valence-corrected chi connectivity index (χ2v) is 4.75. The number of aromatic carboxylic acids is 1. The Morgan fingerprint density at radius 1 is 1.00 bits per heavy atom. The van der Waals surface area contributed by atoms with Crippen molar-refractivity contribution in [3.05, 3.63) is 48.0 Å². The summed E-state index contributed by atoms with van der Waals surface area (Å²) in [6.07, 6.45) is 0. The lowest BCUT2D eigenvalue weighted by Crippen LogP contribution is -1.94. The van der Waals surface area contributed by atoms with Crippen LogP contribution in [0.25, 0.3) is 20.2 Å². The van der Waals surface area contributed by atoms with Gasteiger partial charge in [-0.25, -0.2) is 4.79 Å². The van der Waals surface area contributed by atoms with Crippen LogP contribution in [0.2, 0.25) is 0 Å². The van der Waals surface area contributed by atoms with Gasteiger partial charge in [-0.3, -0.25) is 0 Å². The van der Waals surface area contributed by atoms with E-state index in [1.165, 1.54) is 11.3 Å². The first-order valence-corrected chi connectivity index (χ1v) is 6.24. The van der Waals surface area contributed by atoms with Gasteiger partial charge in [0.25, 0.3) is 0 Å². The molecule has 4 nitrogen and oxygen atoms in total. The Morgan fingerprint density at radius 3 is 2.32 bits per heavy atom. The maximum absolute atomic E-state index is 11.1. The second kappa shape index (κ2) is 5.84. The molecule has 0 saturated carbocycles. The topological polar surface area (TPSA) is 77.8 Å². The van der Waals surface area contributed by atoms with Gasteiger partial charge in [-0.05, 0) is 12.1 Å². The van der Waals surface area contributed by atoms with Crippen molar-refractivity contribution >= 4 is 45.2 Å². The monoisotopic (exact) mass is 273 g/mol. The fourth-order valence-corrected chi connectivity index (χ4v) is 3.12. The van der Waals surface area contributed by atoms with Gasteiger partial charge in [-0.2, -0.15) is 0 Å². The van der Waals surface area contributed by atoms with E-state index in [2.05, 4.69) is 0 Å². The van der Waals surface area contributed by atoms with E-state index in [0.29, 0.717) is 5.56 Å². The summed E-state index contributed by atoms with van der Waals surface area (Å²) < 4.78 is 1.99. The minimum absolute atomic E-state index is 0. The fourth-order valence-electron chi connectivity index (χ4n) is 1.92. The van der Waals surface area contributed by atoms with Crippen molar-refractivity contribution in [2.75, 3.05) is 0 Å². The molecular formula is C13H10BO4S. The van der Waals surface area contributed by atoms with Crippen LogP contribution in [-0.4, -0.2) is 28.8 Å². The average molecular weight is 273 g/mol. The lowest BCUT2D eigenvalue weighted by Gasteiger charge is -1.95. The third kappa shape index (κ3) is 2.60. The van der Waals surface area contributed by atoms with E-state index in [-0.39, 0.29) is 7.69 Å². The summed E-state index contributed by atoms with van der Waals surface area (Å²) >= 11 is 1.54. The number of hydrogen-bond acceptors (Lipinski definition) is 4. The quantitative estimate of drug-likeness (QED) is 0.594. The largest absolute Gasteiger partial charge is 0.482 e. The van der Waals surface area contributed by atoms with Gasteiger partial charge in [-0.15, -0.1) is 11.3 Å². The van der Waals surface area contributed by atoms with Crippen LogP contribution in [0.1, 0.15) is 10.4 Å². The van der Waals surface area contributed by atoms with Crippen LogP contribution < -0.4 is 0 Å². The Labute approximate surface area is 113 Å². The number of thiophene rings is 1.